The number of nitrogens with zero attached hydrogens (tertiary/aromatic N) is 2. The first kappa shape index (κ1) is 20.1. The maximum atomic E-state index is 13.6. The zero-order valence-corrected chi connectivity index (χ0v) is 17.3. The third-order valence-electron chi connectivity index (χ3n) is 6.64. The lowest BCUT2D eigenvalue weighted by molar-refractivity contribution is -0.140. The molecule has 0 radical (unpaired) electrons. The average Bonchev–Trinajstić information content (AvgIpc) is 2.93. The lowest BCUT2D eigenvalue weighted by atomic mass is 9.95. The predicted octanol–water partition coefficient (Wildman–Crippen LogP) is 4.75. The van der Waals surface area contributed by atoms with Crippen molar-refractivity contribution >= 4 is 17.4 Å². The Morgan fingerprint density at radius 1 is 0.862 bits per heavy atom. The Kier molecular flexibility index (Phi) is 6.02. The summed E-state index contributed by atoms with van der Waals surface area (Å²) in [6.45, 7) is 3.78. The summed E-state index contributed by atoms with van der Waals surface area (Å²) in [6, 6.07) is 5.98. The van der Waals surface area contributed by atoms with Crippen molar-refractivity contribution in [1.29, 1.82) is 0 Å². The Balaban J connectivity index is 1.72. The van der Waals surface area contributed by atoms with Crippen LogP contribution in [0.2, 0.25) is 0 Å². The fourth-order valence-electron chi connectivity index (χ4n) is 5.12. The molecule has 156 valence electrons. The van der Waals surface area contributed by atoms with Crippen LogP contribution >= 0.6 is 0 Å². The quantitative estimate of drug-likeness (QED) is 0.690. The summed E-state index contributed by atoms with van der Waals surface area (Å²) in [6.07, 6.45) is 9.63. The number of hydrogen-bond donors (Lipinski definition) is 0. The van der Waals surface area contributed by atoms with Crippen LogP contribution in [0.5, 0.6) is 0 Å². The Hall–Kier alpha value is -2.17. The van der Waals surface area contributed by atoms with Crippen molar-refractivity contribution in [2.24, 2.45) is 5.92 Å². The second-order valence-corrected chi connectivity index (χ2v) is 8.90. The molecule has 1 aromatic carbocycles. The second-order valence-electron chi connectivity index (χ2n) is 8.90. The van der Waals surface area contributed by atoms with Crippen molar-refractivity contribution in [2.45, 2.75) is 70.8 Å². The Morgan fingerprint density at radius 3 is 2.17 bits per heavy atom. The molecule has 0 N–H and O–H groups in total. The third-order valence-corrected chi connectivity index (χ3v) is 6.64. The van der Waals surface area contributed by atoms with E-state index in [2.05, 4.69) is 11.8 Å². The molecule has 1 saturated carbocycles. The highest BCUT2D eigenvalue weighted by molar-refractivity contribution is 6.35. The summed E-state index contributed by atoms with van der Waals surface area (Å²) in [5, 5.41) is 0. The van der Waals surface area contributed by atoms with Gasteiger partial charge >= 0.3 is 0 Å². The van der Waals surface area contributed by atoms with Crippen molar-refractivity contribution in [3.8, 4) is 0 Å². The molecule has 2 heterocycles. The Labute approximate surface area is 172 Å². The van der Waals surface area contributed by atoms with Crippen molar-refractivity contribution in [3.05, 3.63) is 41.3 Å². The van der Waals surface area contributed by atoms with Gasteiger partial charge in [0.1, 0.15) is 11.5 Å². The molecule has 2 fully saturated rings. The van der Waals surface area contributed by atoms with Gasteiger partial charge in [0.15, 0.2) is 0 Å². The van der Waals surface area contributed by atoms with Crippen molar-refractivity contribution in [3.63, 3.8) is 0 Å². The normalized spacial score (nSPS) is 24.8. The van der Waals surface area contributed by atoms with Gasteiger partial charge < -0.3 is 4.90 Å². The molecule has 3 aliphatic rings. The molecule has 29 heavy (non-hydrogen) atoms. The minimum Gasteiger partial charge on any atom is -0.366 e. The molecule has 0 spiro atoms. The molecule has 2 aliphatic heterocycles. The molecular weight excluding hydrogens is 367 g/mol. The molecule has 1 saturated heterocycles. The van der Waals surface area contributed by atoms with Gasteiger partial charge in [-0.1, -0.05) is 51.2 Å². The highest BCUT2D eigenvalue weighted by Gasteiger charge is 2.45. The number of piperidine rings is 1. The smallest absolute Gasteiger partial charge is 0.278 e. The van der Waals surface area contributed by atoms with Crippen LogP contribution in [0.4, 0.5) is 4.39 Å². The first-order valence-electron chi connectivity index (χ1n) is 11.2. The summed E-state index contributed by atoms with van der Waals surface area (Å²) < 4.78 is 13.5. The number of amides is 2. The van der Waals surface area contributed by atoms with Crippen LogP contribution in [0.1, 0.15) is 70.3 Å². The number of benzene rings is 1. The van der Waals surface area contributed by atoms with Gasteiger partial charge in [-0.2, -0.15) is 0 Å². The SMILES string of the molecule is CC1CCCN(C2=C(c3ccc(F)cc3)C(=O)N(C3CCCCCCC3)C2=O)C1. The van der Waals surface area contributed by atoms with Gasteiger partial charge in [0.05, 0.1) is 5.57 Å². The monoisotopic (exact) mass is 398 g/mol. The largest absolute Gasteiger partial charge is 0.366 e. The summed E-state index contributed by atoms with van der Waals surface area (Å²) in [5.74, 6) is -0.186. The van der Waals surface area contributed by atoms with E-state index in [1.165, 1.54) is 31.4 Å². The Morgan fingerprint density at radius 2 is 1.52 bits per heavy atom. The van der Waals surface area contributed by atoms with E-state index in [1.54, 1.807) is 17.0 Å². The second kappa shape index (κ2) is 8.68. The summed E-state index contributed by atoms with van der Waals surface area (Å²) in [7, 11) is 0. The number of hydrogen-bond acceptors (Lipinski definition) is 3. The van der Waals surface area contributed by atoms with E-state index in [4.69, 9.17) is 0 Å². The molecule has 1 unspecified atom stereocenters. The highest BCUT2D eigenvalue weighted by Crippen LogP contribution is 2.37. The van der Waals surface area contributed by atoms with Gasteiger partial charge in [-0.15, -0.1) is 0 Å². The summed E-state index contributed by atoms with van der Waals surface area (Å²) >= 11 is 0. The topological polar surface area (TPSA) is 40.6 Å². The number of imide groups is 1. The lowest BCUT2D eigenvalue weighted by Gasteiger charge is -2.34. The predicted molar refractivity (Wildman–Crippen MR) is 111 cm³/mol. The zero-order chi connectivity index (χ0) is 20.4. The van der Waals surface area contributed by atoms with Crippen LogP contribution in [0.3, 0.4) is 0 Å². The molecule has 1 aromatic rings. The van der Waals surface area contributed by atoms with Crippen LogP contribution in [0.25, 0.3) is 5.57 Å². The van der Waals surface area contributed by atoms with Gasteiger partial charge in [0.25, 0.3) is 11.8 Å². The highest BCUT2D eigenvalue weighted by atomic mass is 19.1. The fourth-order valence-corrected chi connectivity index (χ4v) is 5.12. The lowest BCUT2D eigenvalue weighted by Crippen LogP contribution is -2.44. The van der Waals surface area contributed by atoms with E-state index in [1.807, 2.05) is 0 Å². The van der Waals surface area contributed by atoms with E-state index in [9.17, 15) is 14.0 Å². The van der Waals surface area contributed by atoms with Crippen molar-refractivity contribution < 1.29 is 14.0 Å². The van der Waals surface area contributed by atoms with Crippen molar-refractivity contribution in [1.82, 2.24) is 9.80 Å². The first-order valence-corrected chi connectivity index (χ1v) is 11.2. The van der Waals surface area contributed by atoms with Gasteiger partial charge in [0, 0.05) is 19.1 Å². The molecule has 0 aromatic heterocycles. The molecule has 1 aliphatic carbocycles. The van der Waals surface area contributed by atoms with E-state index < -0.39 is 0 Å². The van der Waals surface area contributed by atoms with E-state index in [0.29, 0.717) is 22.8 Å². The number of rotatable bonds is 3. The standard InChI is InChI=1S/C24H31FN2O2/c1-17-8-7-15-26(16-17)22-21(18-11-13-19(25)14-12-18)23(28)27(24(22)29)20-9-5-3-2-4-6-10-20/h11-14,17,20H,2-10,15-16H2,1H3. The maximum Gasteiger partial charge on any atom is 0.278 e. The molecule has 4 rings (SSSR count). The minimum absolute atomic E-state index is 0.0227. The van der Waals surface area contributed by atoms with E-state index in [-0.39, 0.29) is 23.7 Å². The maximum absolute atomic E-state index is 13.6. The molecule has 4 nitrogen and oxygen atoms in total. The zero-order valence-electron chi connectivity index (χ0n) is 17.3. The third kappa shape index (κ3) is 4.10. The van der Waals surface area contributed by atoms with Crippen LogP contribution < -0.4 is 0 Å². The van der Waals surface area contributed by atoms with Crippen LogP contribution in [0, 0.1) is 11.7 Å². The number of carbonyl (C=O) groups is 2. The average molecular weight is 399 g/mol. The van der Waals surface area contributed by atoms with Crippen LogP contribution in [-0.2, 0) is 9.59 Å². The molecule has 2 amide bonds. The van der Waals surface area contributed by atoms with Gasteiger partial charge in [0.2, 0.25) is 0 Å². The Bertz CT molecular complexity index is 794. The summed E-state index contributed by atoms with van der Waals surface area (Å²) in [4.78, 5) is 30.8. The number of halogens is 1. The molecular formula is C24H31FN2O2. The van der Waals surface area contributed by atoms with E-state index in [0.717, 1.165) is 51.6 Å². The molecule has 5 heteroatoms. The van der Waals surface area contributed by atoms with Gasteiger partial charge in [-0.3, -0.25) is 14.5 Å². The van der Waals surface area contributed by atoms with Crippen molar-refractivity contribution in [2.75, 3.05) is 13.1 Å². The fraction of sp³-hybridized carbons (Fsp3) is 0.583. The van der Waals surface area contributed by atoms with Gasteiger partial charge in [-0.05, 0) is 49.3 Å². The molecule has 0 bridgehead atoms. The van der Waals surface area contributed by atoms with E-state index >= 15 is 0 Å². The first-order chi connectivity index (χ1) is 14.1. The van der Waals surface area contributed by atoms with Crippen LogP contribution in [0.15, 0.2) is 30.0 Å². The van der Waals surface area contributed by atoms with Gasteiger partial charge in [-0.25, -0.2) is 4.39 Å². The number of likely N-dealkylation sites (tertiary alicyclic amines) is 1. The number of carbonyl (C=O) groups excluding carboxylic acids is 2. The minimum atomic E-state index is -0.337. The summed E-state index contributed by atoms with van der Waals surface area (Å²) in [5.41, 5.74) is 1.65. The van der Waals surface area contributed by atoms with Crippen LogP contribution in [-0.4, -0.2) is 40.7 Å². The molecule has 1 atom stereocenters.